The number of hydrogen-bond donors (Lipinski definition) is 1. The average Bonchev–Trinajstić information content (AvgIpc) is 2.25. The molecule has 0 aliphatic rings. The van der Waals surface area contributed by atoms with Gasteiger partial charge in [0, 0.05) is 25.9 Å². The van der Waals surface area contributed by atoms with Crippen LogP contribution >= 0.6 is 0 Å². The third-order valence-corrected chi connectivity index (χ3v) is 3.84. The molecule has 17 heavy (non-hydrogen) atoms. The van der Waals surface area contributed by atoms with Crippen LogP contribution in [0.2, 0.25) is 0 Å². The van der Waals surface area contributed by atoms with Gasteiger partial charge in [0.25, 0.3) is 0 Å². The molecule has 1 atom stereocenters. The lowest BCUT2D eigenvalue weighted by atomic mass is 10.2. The molecule has 0 aliphatic carbocycles. The SMILES string of the molecule is CC(CN)N(C)c1ccc(S(C)(=O)=O)cc1F. The molecule has 0 fully saturated rings. The smallest absolute Gasteiger partial charge is 0.175 e. The van der Waals surface area contributed by atoms with Gasteiger partial charge in [0.2, 0.25) is 0 Å². The van der Waals surface area contributed by atoms with Gasteiger partial charge in [-0.05, 0) is 25.1 Å². The molecule has 1 unspecified atom stereocenters. The monoisotopic (exact) mass is 260 g/mol. The average molecular weight is 260 g/mol. The lowest BCUT2D eigenvalue weighted by Crippen LogP contribution is -2.35. The Morgan fingerprint density at radius 1 is 1.47 bits per heavy atom. The Balaban J connectivity index is 3.15. The first kappa shape index (κ1) is 13.9. The molecule has 0 spiro atoms. The Morgan fingerprint density at radius 2 is 2.06 bits per heavy atom. The fourth-order valence-corrected chi connectivity index (χ4v) is 2.03. The van der Waals surface area contributed by atoms with Crippen LogP contribution in [0.1, 0.15) is 6.92 Å². The standard InChI is InChI=1S/C11H17FN2O2S/c1-8(7-13)14(2)11-5-4-9(6-10(11)12)17(3,15)16/h4-6,8H,7,13H2,1-3H3. The molecule has 0 aromatic heterocycles. The van der Waals surface area contributed by atoms with E-state index >= 15 is 0 Å². The lowest BCUT2D eigenvalue weighted by Gasteiger charge is -2.26. The summed E-state index contributed by atoms with van der Waals surface area (Å²) in [6.07, 6.45) is 1.05. The Bertz CT molecular complexity index is 502. The zero-order valence-corrected chi connectivity index (χ0v) is 11.0. The molecule has 0 saturated heterocycles. The van der Waals surface area contributed by atoms with Crippen LogP contribution in [0.25, 0.3) is 0 Å². The first-order valence-corrected chi connectivity index (χ1v) is 7.09. The third-order valence-electron chi connectivity index (χ3n) is 2.73. The van der Waals surface area contributed by atoms with Crippen molar-refractivity contribution in [2.24, 2.45) is 5.73 Å². The van der Waals surface area contributed by atoms with Gasteiger partial charge in [0.05, 0.1) is 10.6 Å². The largest absolute Gasteiger partial charge is 0.368 e. The highest BCUT2D eigenvalue weighted by Crippen LogP contribution is 2.23. The number of nitrogens with zero attached hydrogens (tertiary/aromatic N) is 1. The summed E-state index contributed by atoms with van der Waals surface area (Å²) < 4.78 is 36.3. The van der Waals surface area contributed by atoms with Crippen LogP contribution in [0.15, 0.2) is 23.1 Å². The summed E-state index contributed by atoms with van der Waals surface area (Å²) >= 11 is 0. The molecule has 1 aromatic carbocycles. The van der Waals surface area contributed by atoms with E-state index in [-0.39, 0.29) is 10.9 Å². The molecule has 6 heteroatoms. The number of likely N-dealkylation sites (N-methyl/N-ethyl adjacent to an activating group) is 1. The Morgan fingerprint density at radius 3 is 2.47 bits per heavy atom. The van der Waals surface area contributed by atoms with E-state index in [2.05, 4.69) is 0 Å². The van der Waals surface area contributed by atoms with Gasteiger partial charge in [-0.1, -0.05) is 0 Å². The molecule has 0 saturated carbocycles. The van der Waals surface area contributed by atoms with Crippen molar-refractivity contribution in [2.45, 2.75) is 17.9 Å². The van der Waals surface area contributed by atoms with Crippen molar-refractivity contribution in [3.63, 3.8) is 0 Å². The van der Waals surface area contributed by atoms with Crippen molar-refractivity contribution in [2.75, 3.05) is 24.7 Å². The number of benzene rings is 1. The molecule has 2 N–H and O–H groups in total. The van der Waals surface area contributed by atoms with Gasteiger partial charge in [-0.2, -0.15) is 0 Å². The van der Waals surface area contributed by atoms with E-state index in [1.165, 1.54) is 12.1 Å². The van der Waals surface area contributed by atoms with Crippen LogP contribution in [-0.2, 0) is 9.84 Å². The number of anilines is 1. The van der Waals surface area contributed by atoms with Crippen molar-refractivity contribution in [1.29, 1.82) is 0 Å². The fraction of sp³-hybridized carbons (Fsp3) is 0.455. The predicted molar refractivity (Wildman–Crippen MR) is 66.4 cm³/mol. The maximum atomic E-state index is 13.8. The van der Waals surface area contributed by atoms with E-state index in [1.807, 2.05) is 6.92 Å². The summed E-state index contributed by atoms with van der Waals surface area (Å²) in [7, 11) is -1.66. The van der Waals surface area contributed by atoms with Gasteiger partial charge in [-0.15, -0.1) is 0 Å². The van der Waals surface area contributed by atoms with E-state index in [0.717, 1.165) is 12.3 Å². The van der Waals surface area contributed by atoms with Gasteiger partial charge < -0.3 is 10.6 Å². The molecule has 0 bridgehead atoms. The molecular formula is C11H17FN2O2S. The topological polar surface area (TPSA) is 63.4 Å². The normalized spacial score (nSPS) is 13.5. The minimum atomic E-state index is -3.38. The second-order valence-corrected chi connectivity index (χ2v) is 6.10. The number of hydrogen-bond acceptors (Lipinski definition) is 4. The molecule has 1 aromatic rings. The van der Waals surface area contributed by atoms with E-state index < -0.39 is 15.7 Å². The Labute approximate surface area is 101 Å². The van der Waals surface area contributed by atoms with Crippen LogP contribution in [0.3, 0.4) is 0 Å². The van der Waals surface area contributed by atoms with Crippen molar-refractivity contribution in [3.8, 4) is 0 Å². The maximum Gasteiger partial charge on any atom is 0.175 e. The summed E-state index contributed by atoms with van der Waals surface area (Å²) in [5, 5.41) is 0. The molecule has 4 nitrogen and oxygen atoms in total. The van der Waals surface area contributed by atoms with Crippen molar-refractivity contribution < 1.29 is 12.8 Å². The summed E-state index contributed by atoms with van der Waals surface area (Å²) in [4.78, 5) is 1.66. The van der Waals surface area contributed by atoms with Gasteiger partial charge in [-0.3, -0.25) is 0 Å². The van der Waals surface area contributed by atoms with E-state index in [4.69, 9.17) is 5.73 Å². The maximum absolute atomic E-state index is 13.8. The van der Waals surface area contributed by atoms with E-state index in [9.17, 15) is 12.8 Å². The molecule has 0 heterocycles. The van der Waals surface area contributed by atoms with Crippen LogP contribution in [0, 0.1) is 5.82 Å². The quantitative estimate of drug-likeness (QED) is 0.877. The zero-order valence-electron chi connectivity index (χ0n) is 10.1. The number of rotatable bonds is 4. The third kappa shape index (κ3) is 3.17. The van der Waals surface area contributed by atoms with Crippen LogP contribution in [-0.4, -0.2) is 34.3 Å². The fourth-order valence-electron chi connectivity index (χ4n) is 1.40. The van der Waals surface area contributed by atoms with Gasteiger partial charge in [-0.25, -0.2) is 12.8 Å². The predicted octanol–water partition coefficient (Wildman–Crippen LogP) is 1.01. The van der Waals surface area contributed by atoms with Crippen molar-refractivity contribution in [3.05, 3.63) is 24.0 Å². The van der Waals surface area contributed by atoms with Crippen LogP contribution in [0.5, 0.6) is 0 Å². The highest BCUT2D eigenvalue weighted by molar-refractivity contribution is 7.90. The van der Waals surface area contributed by atoms with Gasteiger partial charge >= 0.3 is 0 Å². The minimum Gasteiger partial charge on any atom is -0.368 e. The van der Waals surface area contributed by atoms with Crippen LogP contribution in [0.4, 0.5) is 10.1 Å². The molecule has 0 aliphatic heterocycles. The number of halogens is 1. The lowest BCUT2D eigenvalue weighted by molar-refractivity contribution is 0.590. The molecule has 1 rings (SSSR count). The first-order chi connectivity index (χ1) is 7.77. The first-order valence-electron chi connectivity index (χ1n) is 5.20. The summed E-state index contributed by atoms with van der Waals surface area (Å²) in [6, 6.07) is 3.86. The van der Waals surface area contributed by atoms with Crippen LogP contribution < -0.4 is 10.6 Å². The second kappa shape index (κ2) is 5.01. The molecular weight excluding hydrogens is 243 g/mol. The number of nitrogens with two attached hydrogens (primary N) is 1. The van der Waals surface area contributed by atoms with Gasteiger partial charge in [0.1, 0.15) is 5.82 Å². The summed E-state index contributed by atoms with van der Waals surface area (Å²) in [6.45, 7) is 2.26. The molecule has 0 amide bonds. The minimum absolute atomic E-state index is 0.0198. The summed E-state index contributed by atoms with van der Waals surface area (Å²) in [5.74, 6) is -0.560. The van der Waals surface area contributed by atoms with Gasteiger partial charge in [0.15, 0.2) is 9.84 Å². The molecule has 0 radical (unpaired) electrons. The Kier molecular flexibility index (Phi) is 4.11. The Hall–Kier alpha value is -1.14. The zero-order chi connectivity index (χ0) is 13.2. The van der Waals surface area contributed by atoms with E-state index in [1.54, 1.807) is 11.9 Å². The van der Waals surface area contributed by atoms with Crippen molar-refractivity contribution >= 4 is 15.5 Å². The van der Waals surface area contributed by atoms with Crippen molar-refractivity contribution in [1.82, 2.24) is 0 Å². The second-order valence-electron chi connectivity index (χ2n) is 4.08. The summed E-state index contributed by atoms with van der Waals surface area (Å²) in [5.41, 5.74) is 5.84. The van der Waals surface area contributed by atoms with E-state index in [0.29, 0.717) is 12.2 Å². The number of sulfone groups is 1. The molecule has 96 valence electrons. The highest BCUT2D eigenvalue weighted by Gasteiger charge is 2.15. The highest BCUT2D eigenvalue weighted by atomic mass is 32.2.